The van der Waals surface area contributed by atoms with Crippen LogP contribution in [-0.2, 0) is 0 Å². The lowest BCUT2D eigenvalue weighted by atomic mass is 10.0. The fourth-order valence-electron chi connectivity index (χ4n) is 1.78. The number of nitrogens with zero attached hydrogens (tertiary/aromatic N) is 1. The summed E-state index contributed by atoms with van der Waals surface area (Å²) in [4.78, 5) is 4.10. The number of hydrogen-bond acceptors (Lipinski definition) is 2. The molecule has 0 saturated carbocycles. The summed E-state index contributed by atoms with van der Waals surface area (Å²) in [5.74, 6) is 0.868. The second-order valence-electron chi connectivity index (χ2n) is 4.49. The molecule has 100 valence electrons. The average Bonchev–Trinajstić information content (AvgIpc) is 2.38. The zero-order chi connectivity index (χ0) is 13.2. The Balaban J connectivity index is 2.25. The topological polar surface area (TPSA) is 74.3 Å². The third-order valence-electron chi connectivity index (χ3n) is 2.73. The van der Waals surface area contributed by atoms with Gasteiger partial charge in [0.1, 0.15) is 11.7 Å². The number of hydrogen-bond donors (Lipinski definition) is 3. The summed E-state index contributed by atoms with van der Waals surface area (Å²) in [6.45, 7) is 3.61. The summed E-state index contributed by atoms with van der Waals surface area (Å²) >= 11 is 0. The van der Waals surface area contributed by atoms with Gasteiger partial charge >= 0.3 is 0 Å². The molecule has 0 amide bonds. The molecule has 0 atom stereocenters. The van der Waals surface area contributed by atoms with Gasteiger partial charge in [0.25, 0.3) is 0 Å². The molecule has 0 aromatic carbocycles. The monoisotopic (exact) mass is 248 g/mol. The number of nitrogens with one attached hydrogen (secondary N) is 2. The highest BCUT2D eigenvalue weighted by atomic mass is 15.0. The fraction of sp³-hybridized carbons (Fsp3) is 0.571. The molecule has 4 heteroatoms. The second-order valence-corrected chi connectivity index (χ2v) is 4.49. The Hall–Kier alpha value is -1.42. The van der Waals surface area contributed by atoms with E-state index >= 15 is 0 Å². The molecule has 0 saturated heterocycles. The average molecular weight is 248 g/mol. The van der Waals surface area contributed by atoms with Crippen molar-refractivity contribution in [3.05, 3.63) is 23.8 Å². The van der Waals surface area contributed by atoms with Crippen LogP contribution in [0, 0.1) is 5.41 Å². The lowest BCUT2D eigenvalue weighted by molar-refractivity contribution is 0.739. The first-order valence-electron chi connectivity index (χ1n) is 6.69. The second kappa shape index (κ2) is 8.64. The predicted octanol–water partition coefficient (Wildman–Crippen LogP) is 2.38. The van der Waals surface area contributed by atoms with Crippen molar-refractivity contribution in [2.24, 2.45) is 10.7 Å². The number of nitrogens with two attached hydrogens (primary N) is 1. The maximum absolute atomic E-state index is 7.77. The standard InChI is InChI=1S/C14H24N4/c1-2-10-17-11-14(16)18-13(15)9-8-12-6-4-3-5-7-12/h4,6-7,17H,2-3,5,8-11H2,1H3,(H3,15,16,18). The van der Waals surface area contributed by atoms with Crippen LogP contribution in [0.3, 0.4) is 0 Å². The van der Waals surface area contributed by atoms with E-state index in [2.05, 4.69) is 35.5 Å². The van der Waals surface area contributed by atoms with Gasteiger partial charge in [0.15, 0.2) is 0 Å². The van der Waals surface area contributed by atoms with Crippen molar-refractivity contribution >= 4 is 11.7 Å². The molecule has 4 N–H and O–H groups in total. The molecule has 18 heavy (non-hydrogen) atoms. The Labute approximate surface area is 110 Å². The molecule has 0 fully saturated rings. The van der Waals surface area contributed by atoms with E-state index in [0.29, 0.717) is 24.6 Å². The number of aliphatic imine (C=N–C) groups is 1. The maximum atomic E-state index is 7.77. The van der Waals surface area contributed by atoms with Crippen LogP contribution in [0.15, 0.2) is 28.8 Å². The minimum absolute atomic E-state index is 0.366. The van der Waals surface area contributed by atoms with Crippen molar-refractivity contribution in [1.29, 1.82) is 5.41 Å². The summed E-state index contributed by atoms with van der Waals surface area (Å²) < 4.78 is 0. The number of allylic oxidation sites excluding steroid dienone is 4. The van der Waals surface area contributed by atoms with Crippen LogP contribution >= 0.6 is 0 Å². The molecular formula is C14H24N4. The van der Waals surface area contributed by atoms with E-state index in [0.717, 1.165) is 32.2 Å². The maximum Gasteiger partial charge on any atom is 0.122 e. The van der Waals surface area contributed by atoms with Gasteiger partial charge in [-0.1, -0.05) is 30.7 Å². The summed E-state index contributed by atoms with van der Waals surface area (Å²) in [7, 11) is 0. The molecule has 0 aromatic heterocycles. The lowest BCUT2D eigenvalue weighted by Gasteiger charge is -2.06. The van der Waals surface area contributed by atoms with Crippen molar-refractivity contribution in [2.75, 3.05) is 13.1 Å². The molecule has 1 aliphatic rings. The van der Waals surface area contributed by atoms with E-state index in [-0.39, 0.29) is 0 Å². The number of rotatable bonds is 7. The molecule has 0 radical (unpaired) electrons. The molecule has 0 aliphatic heterocycles. The van der Waals surface area contributed by atoms with Gasteiger partial charge in [0.2, 0.25) is 0 Å². The van der Waals surface area contributed by atoms with E-state index < -0.39 is 0 Å². The summed E-state index contributed by atoms with van der Waals surface area (Å²) in [6.07, 6.45) is 11.4. The molecule has 0 heterocycles. The molecule has 1 rings (SSSR count). The highest BCUT2D eigenvalue weighted by Gasteiger charge is 2.01. The van der Waals surface area contributed by atoms with Gasteiger partial charge in [-0.15, -0.1) is 0 Å². The van der Waals surface area contributed by atoms with E-state index in [1.54, 1.807) is 0 Å². The van der Waals surface area contributed by atoms with Crippen molar-refractivity contribution in [3.8, 4) is 0 Å². The Morgan fingerprint density at radius 3 is 3.00 bits per heavy atom. The number of amidine groups is 2. The SMILES string of the molecule is CCCNCC(N)=NC(=N)CCC1=CCCC=C1. The van der Waals surface area contributed by atoms with Gasteiger partial charge in [0.05, 0.1) is 6.54 Å². The van der Waals surface area contributed by atoms with Crippen LogP contribution in [-0.4, -0.2) is 24.8 Å². The van der Waals surface area contributed by atoms with Crippen molar-refractivity contribution in [1.82, 2.24) is 5.32 Å². The van der Waals surface area contributed by atoms with Gasteiger partial charge in [-0.3, -0.25) is 5.41 Å². The molecule has 4 nitrogen and oxygen atoms in total. The van der Waals surface area contributed by atoms with Crippen LogP contribution < -0.4 is 11.1 Å². The molecule has 0 spiro atoms. The van der Waals surface area contributed by atoms with Crippen LogP contribution in [0.5, 0.6) is 0 Å². The molecule has 0 aromatic rings. The third-order valence-corrected chi connectivity index (χ3v) is 2.73. The first kappa shape index (κ1) is 14.6. The Morgan fingerprint density at radius 2 is 2.33 bits per heavy atom. The van der Waals surface area contributed by atoms with E-state index in [4.69, 9.17) is 11.1 Å². The Bertz CT molecular complexity index is 353. The van der Waals surface area contributed by atoms with Crippen molar-refractivity contribution in [2.45, 2.75) is 39.0 Å². The predicted molar refractivity (Wildman–Crippen MR) is 78.2 cm³/mol. The third kappa shape index (κ3) is 6.35. The highest BCUT2D eigenvalue weighted by molar-refractivity contribution is 5.95. The molecule has 0 unspecified atom stereocenters. The smallest absolute Gasteiger partial charge is 0.122 e. The molecule has 1 aliphatic carbocycles. The van der Waals surface area contributed by atoms with Crippen LogP contribution in [0.2, 0.25) is 0 Å². The van der Waals surface area contributed by atoms with Gasteiger partial charge in [-0.05, 0) is 32.2 Å². The molecular weight excluding hydrogens is 224 g/mol. The van der Waals surface area contributed by atoms with Gasteiger partial charge < -0.3 is 11.1 Å². The van der Waals surface area contributed by atoms with Crippen molar-refractivity contribution in [3.63, 3.8) is 0 Å². The lowest BCUT2D eigenvalue weighted by Crippen LogP contribution is -2.30. The van der Waals surface area contributed by atoms with E-state index in [1.807, 2.05) is 0 Å². The largest absolute Gasteiger partial charge is 0.386 e. The zero-order valence-corrected chi connectivity index (χ0v) is 11.2. The normalized spacial score (nSPS) is 15.6. The Kier molecular flexibility index (Phi) is 7.03. The molecule has 0 bridgehead atoms. The zero-order valence-electron chi connectivity index (χ0n) is 11.2. The quantitative estimate of drug-likeness (QED) is 0.367. The summed E-state index contributed by atoms with van der Waals surface area (Å²) in [5, 5.41) is 10.9. The van der Waals surface area contributed by atoms with E-state index in [9.17, 15) is 0 Å². The highest BCUT2D eigenvalue weighted by Crippen LogP contribution is 2.14. The fourth-order valence-corrected chi connectivity index (χ4v) is 1.78. The van der Waals surface area contributed by atoms with Crippen LogP contribution in [0.4, 0.5) is 0 Å². The minimum atomic E-state index is 0.366. The first-order valence-corrected chi connectivity index (χ1v) is 6.69. The van der Waals surface area contributed by atoms with Gasteiger partial charge in [-0.25, -0.2) is 4.99 Å². The van der Waals surface area contributed by atoms with Gasteiger partial charge in [0, 0.05) is 6.42 Å². The summed E-state index contributed by atoms with van der Waals surface area (Å²) in [5.41, 5.74) is 7.05. The van der Waals surface area contributed by atoms with E-state index in [1.165, 1.54) is 5.57 Å². The van der Waals surface area contributed by atoms with Crippen molar-refractivity contribution < 1.29 is 0 Å². The van der Waals surface area contributed by atoms with Crippen LogP contribution in [0.25, 0.3) is 0 Å². The Morgan fingerprint density at radius 1 is 1.50 bits per heavy atom. The first-order chi connectivity index (χ1) is 8.72. The van der Waals surface area contributed by atoms with Crippen LogP contribution in [0.1, 0.15) is 39.0 Å². The summed E-state index contributed by atoms with van der Waals surface area (Å²) in [6, 6.07) is 0. The minimum Gasteiger partial charge on any atom is -0.386 e. The van der Waals surface area contributed by atoms with Gasteiger partial charge in [-0.2, -0.15) is 0 Å².